The zero-order valence-corrected chi connectivity index (χ0v) is 27.2. The number of halogens is 2. The minimum absolute atomic E-state index is 0.0514. The third-order valence-electron chi connectivity index (χ3n) is 6.21. The van der Waals surface area contributed by atoms with Gasteiger partial charge in [0.15, 0.2) is 0 Å². The highest BCUT2D eigenvalue weighted by Gasteiger charge is 2.35. The van der Waals surface area contributed by atoms with Crippen molar-refractivity contribution in [1.29, 1.82) is 0 Å². The highest BCUT2D eigenvalue weighted by atomic mass is 31.2. The molecular weight excluding hydrogens is 583 g/mol. The van der Waals surface area contributed by atoms with Crippen molar-refractivity contribution in [2.24, 2.45) is 0 Å². The van der Waals surface area contributed by atoms with Crippen molar-refractivity contribution in [3.63, 3.8) is 0 Å². The number of ether oxygens (including phenoxy) is 1. The van der Waals surface area contributed by atoms with Crippen LogP contribution < -0.4 is 10.1 Å². The highest BCUT2D eigenvalue weighted by molar-refractivity contribution is 7.52. The number of hydrogen-bond acceptors (Lipinski definition) is 6. The van der Waals surface area contributed by atoms with E-state index in [0.717, 1.165) is 22.8 Å². The molecule has 0 aliphatic rings. The van der Waals surface area contributed by atoms with Gasteiger partial charge in [-0.1, -0.05) is 18.7 Å². The van der Waals surface area contributed by atoms with Gasteiger partial charge in [0, 0.05) is 59.7 Å². The molecule has 2 heterocycles. The first-order chi connectivity index (χ1) is 20.5. The van der Waals surface area contributed by atoms with E-state index in [2.05, 4.69) is 16.9 Å². The second-order valence-electron chi connectivity index (χ2n) is 12.6. The Bertz CT molecular complexity index is 1650. The van der Waals surface area contributed by atoms with E-state index in [1.54, 1.807) is 16.8 Å². The number of nitrogens with one attached hydrogen (secondary N) is 1. The Labute approximate surface area is 258 Å². The van der Waals surface area contributed by atoms with Crippen LogP contribution >= 0.6 is 7.60 Å². The molecule has 0 aliphatic heterocycles. The Morgan fingerprint density at radius 3 is 2.27 bits per heavy atom. The lowest BCUT2D eigenvalue weighted by molar-refractivity contribution is 0.0463. The number of nitrogens with zero attached hydrogens (tertiary/aromatic N) is 2. The normalized spacial score (nSPS) is 12.3. The molecule has 4 rings (SSSR count). The molecule has 10 heteroatoms. The molecule has 7 nitrogen and oxygen atoms in total. The molecule has 2 aromatic carbocycles. The lowest BCUT2D eigenvalue weighted by Gasteiger charge is -2.32. The van der Waals surface area contributed by atoms with Crippen LogP contribution in [0.5, 0.6) is 11.5 Å². The molecule has 0 amide bonds. The average Bonchev–Trinajstić information content (AvgIpc) is 3.33. The van der Waals surface area contributed by atoms with Crippen molar-refractivity contribution in [1.82, 2.24) is 14.9 Å². The zero-order chi connectivity index (χ0) is 32.3. The van der Waals surface area contributed by atoms with Crippen LogP contribution in [0.4, 0.5) is 8.78 Å². The fraction of sp³-hybridized carbons (Fsp3) is 0.324. The molecule has 0 bridgehead atoms. The van der Waals surface area contributed by atoms with E-state index in [4.69, 9.17) is 13.8 Å². The lowest BCUT2D eigenvalue weighted by Crippen LogP contribution is -2.25. The summed E-state index contributed by atoms with van der Waals surface area (Å²) < 4.78 is 60.8. The zero-order valence-electron chi connectivity index (χ0n) is 26.3. The van der Waals surface area contributed by atoms with E-state index in [9.17, 15) is 13.3 Å². The smallest absolute Gasteiger partial charge is 0.351 e. The Morgan fingerprint density at radius 1 is 0.977 bits per heavy atom. The summed E-state index contributed by atoms with van der Waals surface area (Å²) in [5.74, 6) is -0.0565. The van der Waals surface area contributed by atoms with Crippen molar-refractivity contribution >= 4 is 13.3 Å². The molecule has 4 aromatic rings. The summed E-state index contributed by atoms with van der Waals surface area (Å²) >= 11 is 0. The number of rotatable bonds is 11. The maximum Gasteiger partial charge on any atom is 0.351 e. The van der Waals surface area contributed by atoms with E-state index in [1.165, 1.54) is 12.1 Å². The number of hydrogen-bond donors (Lipinski definition) is 1. The van der Waals surface area contributed by atoms with Crippen molar-refractivity contribution in [3.8, 4) is 22.8 Å². The van der Waals surface area contributed by atoms with Gasteiger partial charge >= 0.3 is 7.60 Å². The molecule has 0 radical (unpaired) electrons. The van der Waals surface area contributed by atoms with Gasteiger partial charge < -0.3 is 23.7 Å². The fourth-order valence-corrected chi connectivity index (χ4v) is 7.02. The van der Waals surface area contributed by atoms with Gasteiger partial charge in [-0.25, -0.2) is 8.78 Å². The molecular formula is C34H40F2N3O4P. The Balaban J connectivity index is 1.49. The number of aromatic nitrogens is 2. The van der Waals surface area contributed by atoms with Gasteiger partial charge in [0.05, 0.1) is 16.9 Å². The van der Waals surface area contributed by atoms with Crippen molar-refractivity contribution in [3.05, 3.63) is 108 Å². The van der Waals surface area contributed by atoms with E-state index in [0.29, 0.717) is 28.5 Å². The van der Waals surface area contributed by atoms with Crippen molar-refractivity contribution in [2.75, 3.05) is 0 Å². The Hall–Kier alpha value is -3.78. The first-order valence-corrected chi connectivity index (χ1v) is 16.0. The summed E-state index contributed by atoms with van der Waals surface area (Å²) in [7, 11) is -3.49. The van der Waals surface area contributed by atoms with Crippen LogP contribution in [0.1, 0.15) is 58.2 Å². The summed E-state index contributed by atoms with van der Waals surface area (Å²) in [5, 5.41) is 3.14. The van der Waals surface area contributed by atoms with Crippen LogP contribution in [0.15, 0.2) is 79.8 Å². The molecule has 0 fully saturated rings. The Kier molecular flexibility index (Phi) is 9.83. The first kappa shape index (κ1) is 33.1. The van der Waals surface area contributed by atoms with Gasteiger partial charge in [-0.15, -0.1) is 0 Å². The molecule has 44 heavy (non-hydrogen) atoms. The summed E-state index contributed by atoms with van der Waals surface area (Å²) in [4.78, 5) is 4.51. The molecule has 1 N–H and O–H groups in total. The van der Waals surface area contributed by atoms with Crippen LogP contribution in [-0.4, -0.2) is 20.8 Å². The summed E-state index contributed by atoms with van der Waals surface area (Å²) in [5.41, 5.74) is 2.90. The molecule has 0 aliphatic carbocycles. The van der Waals surface area contributed by atoms with Gasteiger partial charge in [0.25, 0.3) is 0 Å². The predicted molar refractivity (Wildman–Crippen MR) is 170 cm³/mol. The van der Waals surface area contributed by atoms with Crippen LogP contribution in [0.2, 0.25) is 0 Å². The quantitative estimate of drug-likeness (QED) is 0.168. The van der Waals surface area contributed by atoms with Gasteiger partial charge in [-0.2, -0.15) is 0 Å². The molecule has 2 aromatic heterocycles. The topological polar surface area (TPSA) is 74.6 Å². The highest BCUT2D eigenvalue weighted by Crippen LogP contribution is 2.55. The van der Waals surface area contributed by atoms with Crippen molar-refractivity contribution < 1.29 is 27.1 Å². The number of pyridine rings is 1. The average molecular weight is 624 g/mol. The summed E-state index contributed by atoms with van der Waals surface area (Å²) in [6.45, 7) is 17.3. The fourth-order valence-electron chi connectivity index (χ4n) is 4.62. The maximum atomic E-state index is 13.7. The van der Waals surface area contributed by atoms with Gasteiger partial charge in [-0.3, -0.25) is 9.55 Å². The predicted octanol–water partition coefficient (Wildman–Crippen LogP) is 9.47. The molecule has 0 saturated heterocycles. The second kappa shape index (κ2) is 13.1. The molecule has 0 spiro atoms. The molecule has 0 saturated carbocycles. The third-order valence-corrected chi connectivity index (χ3v) is 8.53. The maximum absolute atomic E-state index is 13.7. The van der Waals surface area contributed by atoms with Crippen LogP contribution in [0.25, 0.3) is 17.0 Å². The molecule has 0 unspecified atom stereocenters. The monoisotopic (exact) mass is 623 g/mol. The van der Waals surface area contributed by atoms with Gasteiger partial charge in [-0.05, 0) is 84.4 Å². The minimum atomic E-state index is -3.49. The van der Waals surface area contributed by atoms with E-state index in [1.807, 2.05) is 91.2 Å². The molecule has 234 valence electrons. The van der Waals surface area contributed by atoms with E-state index in [-0.39, 0.29) is 12.8 Å². The van der Waals surface area contributed by atoms with E-state index >= 15 is 0 Å². The minimum Gasteiger partial charge on any atom is -0.457 e. The van der Waals surface area contributed by atoms with Crippen molar-refractivity contribution in [2.45, 2.75) is 72.5 Å². The Morgan fingerprint density at radius 2 is 1.64 bits per heavy atom. The van der Waals surface area contributed by atoms with Crippen LogP contribution in [0, 0.1) is 18.6 Å². The van der Waals surface area contributed by atoms with Crippen LogP contribution in [0.3, 0.4) is 0 Å². The second-order valence-corrected chi connectivity index (χ2v) is 14.5. The standard InChI is InChI=1S/C34H40F2N3O4P/c1-23-30(24(2)38-20-25-16-27(35)18-28(36)17-25)10-9-11-32(23)41-29-12-14-37-31(19-29)26-13-15-39(21-26)22-44(40,42-33(3,4)5)43-34(6,7)8/h9-19,21,38H,2,20,22H2,1,3-8H3. The van der Waals surface area contributed by atoms with E-state index < -0.39 is 30.4 Å². The van der Waals surface area contributed by atoms with Gasteiger partial charge in [0.2, 0.25) is 0 Å². The third kappa shape index (κ3) is 9.36. The lowest BCUT2D eigenvalue weighted by atomic mass is 10.0. The van der Waals surface area contributed by atoms with Crippen LogP contribution in [-0.2, 0) is 26.4 Å². The number of benzene rings is 2. The first-order valence-electron chi connectivity index (χ1n) is 14.3. The summed E-state index contributed by atoms with van der Waals surface area (Å²) in [6, 6.07) is 14.5. The summed E-state index contributed by atoms with van der Waals surface area (Å²) in [6.07, 6.45) is 5.38. The van der Waals surface area contributed by atoms with Gasteiger partial charge in [0.1, 0.15) is 29.4 Å². The largest absolute Gasteiger partial charge is 0.457 e. The molecule has 0 atom stereocenters. The SMILES string of the molecule is C=C(NCc1cc(F)cc(F)c1)c1cccc(Oc2ccnc(-c3ccn(CP(=O)(OC(C)(C)C)OC(C)(C)C)c3)c2)c1C.